The quantitative estimate of drug-likeness (QED) is 0.434. The molecule has 0 spiro atoms. The van der Waals surface area contributed by atoms with Crippen LogP contribution < -0.4 is 5.56 Å². The van der Waals surface area contributed by atoms with Crippen molar-refractivity contribution >= 4 is 48.3 Å². The standard InChI is InChI=1S/C19H12BrClN2O4S/c20-16-10-13(21)2-4-18(16)23-17-5-3-15(9-12(17)1-6-19(23)24)28(25,26)11-14-7-8-27-22-14/h1-10H,11H2. The summed E-state index contributed by atoms with van der Waals surface area (Å²) in [6.07, 6.45) is 1.33. The van der Waals surface area contributed by atoms with E-state index in [4.69, 9.17) is 16.1 Å². The van der Waals surface area contributed by atoms with Gasteiger partial charge in [-0.2, -0.15) is 0 Å². The van der Waals surface area contributed by atoms with Crippen LogP contribution >= 0.6 is 27.5 Å². The molecule has 2 aromatic heterocycles. The highest BCUT2D eigenvalue weighted by Gasteiger charge is 2.19. The van der Waals surface area contributed by atoms with Crippen molar-refractivity contribution in [2.75, 3.05) is 0 Å². The molecule has 0 unspecified atom stereocenters. The van der Waals surface area contributed by atoms with Crippen molar-refractivity contribution in [1.29, 1.82) is 0 Å². The third-order valence-corrected chi connectivity index (χ3v) is 6.72. The highest BCUT2D eigenvalue weighted by molar-refractivity contribution is 9.10. The SMILES string of the molecule is O=c1ccc2cc(S(=O)(=O)Cc3ccon3)ccc2n1-c1ccc(Cl)cc1Br. The molecule has 0 amide bonds. The van der Waals surface area contributed by atoms with Crippen molar-refractivity contribution in [1.82, 2.24) is 9.72 Å². The number of hydrogen-bond donors (Lipinski definition) is 0. The number of halogens is 2. The summed E-state index contributed by atoms with van der Waals surface area (Å²) in [6.45, 7) is 0. The first-order valence-electron chi connectivity index (χ1n) is 8.08. The Morgan fingerprint density at radius 1 is 1.07 bits per heavy atom. The summed E-state index contributed by atoms with van der Waals surface area (Å²) in [7, 11) is -3.61. The predicted octanol–water partition coefficient (Wildman–Crippen LogP) is 4.37. The van der Waals surface area contributed by atoms with E-state index < -0.39 is 9.84 Å². The van der Waals surface area contributed by atoms with E-state index in [0.29, 0.717) is 31.8 Å². The molecule has 2 aromatic carbocycles. The molecule has 28 heavy (non-hydrogen) atoms. The lowest BCUT2D eigenvalue weighted by molar-refractivity contribution is 0.413. The zero-order chi connectivity index (χ0) is 19.9. The third-order valence-electron chi connectivity index (χ3n) is 4.20. The van der Waals surface area contributed by atoms with Gasteiger partial charge in [0.2, 0.25) is 0 Å². The molecule has 0 fully saturated rings. The van der Waals surface area contributed by atoms with Crippen LogP contribution in [-0.2, 0) is 15.6 Å². The van der Waals surface area contributed by atoms with Gasteiger partial charge >= 0.3 is 0 Å². The molecule has 6 nitrogen and oxygen atoms in total. The minimum atomic E-state index is -3.61. The van der Waals surface area contributed by atoms with E-state index in [0.717, 1.165) is 0 Å². The zero-order valence-corrected chi connectivity index (χ0v) is 17.3. The second kappa shape index (κ2) is 7.20. The van der Waals surface area contributed by atoms with Crippen LogP contribution in [0.15, 0.2) is 79.5 Å². The van der Waals surface area contributed by atoms with Crippen LogP contribution in [0.4, 0.5) is 0 Å². The van der Waals surface area contributed by atoms with Crippen LogP contribution in [-0.4, -0.2) is 18.1 Å². The number of hydrogen-bond acceptors (Lipinski definition) is 5. The van der Waals surface area contributed by atoms with E-state index in [-0.39, 0.29) is 16.2 Å². The Kier molecular flexibility index (Phi) is 4.86. The molecule has 2 heterocycles. The summed E-state index contributed by atoms with van der Waals surface area (Å²) in [5.74, 6) is -0.266. The molecule has 0 N–H and O–H groups in total. The fourth-order valence-corrected chi connectivity index (χ4v) is 5.07. The molecule has 0 atom stereocenters. The molecule has 9 heteroatoms. The van der Waals surface area contributed by atoms with E-state index in [1.807, 2.05) is 0 Å². The lowest BCUT2D eigenvalue weighted by atomic mass is 10.2. The number of benzene rings is 2. The second-order valence-corrected chi connectivity index (χ2v) is 9.35. The zero-order valence-electron chi connectivity index (χ0n) is 14.2. The van der Waals surface area contributed by atoms with Crippen molar-refractivity contribution in [2.24, 2.45) is 0 Å². The number of sulfone groups is 1. The van der Waals surface area contributed by atoms with Crippen molar-refractivity contribution < 1.29 is 12.9 Å². The van der Waals surface area contributed by atoms with Gasteiger partial charge in [-0.25, -0.2) is 8.42 Å². The molecule has 4 rings (SSSR count). The van der Waals surface area contributed by atoms with Gasteiger partial charge in [0.25, 0.3) is 5.56 Å². The summed E-state index contributed by atoms with van der Waals surface area (Å²) >= 11 is 9.42. The molecule has 0 saturated heterocycles. The van der Waals surface area contributed by atoms with Crippen LogP contribution in [0.25, 0.3) is 16.6 Å². The Balaban J connectivity index is 1.86. The van der Waals surface area contributed by atoms with E-state index in [2.05, 4.69) is 21.1 Å². The monoisotopic (exact) mass is 478 g/mol. The van der Waals surface area contributed by atoms with Gasteiger partial charge in [0.1, 0.15) is 12.0 Å². The smallest absolute Gasteiger partial charge is 0.255 e. The first-order valence-corrected chi connectivity index (χ1v) is 10.9. The highest BCUT2D eigenvalue weighted by atomic mass is 79.9. The molecule has 0 bridgehead atoms. The minimum Gasteiger partial charge on any atom is -0.364 e. The average molecular weight is 480 g/mol. The number of rotatable bonds is 4. The maximum Gasteiger partial charge on any atom is 0.255 e. The molecule has 0 aliphatic carbocycles. The molecule has 4 aromatic rings. The van der Waals surface area contributed by atoms with Gasteiger partial charge in [-0.3, -0.25) is 9.36 Å². The number of fused-ring (bicyclic) bond motifs is 1. The fourth-order valence-electron chi connectivity index (χ4n) is 2.92. The highest BCUT2D eigenvalue weighted by Crippen LogP contribution is 2.28. The van der Waals surface area contributed by atoms with E-state index >= 15 is 0 Å². The largest absolute Gasteiger partial charge is 0.364 e. The second-order valence-electron chi connectivity index (χ2n) is 6.07. The average Bonchev–Trinajstić information content (AvgIpc) is 3.14. The molecule has 0 aliphatic heterocycles. The molecule has 142 valence electrons. The molecular formula is C19H12BrClN2O4S. The topological polar surface area (TPSA) is 82.2 Å². The summed E-state index contributed by atoms with van der Waals surface area (Å²) in [4.78, 5) is 12.7. The summed E-state index contributed by atoms with van der Waals surface area (Å²) in [5.41, 5.74) is 1.28. The van der Waals surface area contributed by atoms with E-state index in [1.54, 1.807) is 36.4 Å². The van der Waals surface area contributed by atoms with Gasteiger partial charge in [0, 0.05) is 27.0 Å². The Morgan fingerprint density at radius 2 is 1.89 bits per heavy atom. The van der Waals surface area contributed by atoms with Gasteiger partial charge in [-0.1, -0.05) is 16.8 Å². The van der Waals surface area contributed by atoms with Gasteiger partial charge < -0.3 is 4.52 Å². The van der Waals surface area contributed by atoms with E-state index in [9.17, 15) is 13.2 Å². The Morgan fingerprint density at radius 3 is 2.61 bits per heavy atom. The minimum absolute atomic E-state index is 0.142. The van der Waals surface area contributed by atoms with Gasteiger partial charge in [0.15, 0.2) is 9.84 Å². The number of aromatic nitrogens is 2. The lowest BCUT2D eigenvalue weighted by Crippen LogP contribution is -2.18. The third kappa shape index (κ3) is 3.50. The summed E-state index contributed by atoms with van der Waals surface area (Å²) in [5, 5.41) is 4.80. The maximum atomic E-state index is 12.7. The van der Waals surface area contributed by atoms with Gasteiger partial charge in [-0.05, 0) is 58.4 Å². The number of pyridine rings is 1. The predicted molar refractivity (Wildman–Crippen MR) is 110 cm³/mol. The normalized spacial score (nSPS) is 11.8. The first kappa shape index (κ1) is 18.9. The van der Waals surface area contributed by atoms with Crippen molar-refractivity contribution in [3.63, 3.8) is 0 Å². The van der Waals surface area contributed by atoms with Crippen LogP contribution in [0.1, 0.15) is 5.69 Å². The summed E-state index contributed by atoms with van der Waals surface area (Å²) in [6, 6.07) is 14.3. The fraction of sp³-hybridized carbons (Fsp3) is 0.0526. The Bertz CT molecular complexity index is 1350. The molecule has 0 saturated carbocycles. The molecular weight excluding hydrogens is 468 g/mol. The van der Waals surface area contributed by atoms with Crippen molar-refractivity contribution in [3.05, 3.63) is 86.4 Å². The van der Waals surface area contributed by atoms with Gasteiger partial charge in [-0.15, -0.1) is 0 Å². The van der Waals surface area contributed by atoms with E-state index in [1.165, 1.54) is 29.0 Å². The lowest BCUT2D eigenvalue weighted by Gasteiger charge is -2.13. The summed E-state index contributed by atoms with van der Waals surface area (Å²) < 4.78 is 32.2. The van der Waals surface area contributed by atoms with Crippen molar-refractivity contribution in [2.45, 2.75) is 10.6 Å². The van der Waals surface area contributed by atoms with Crippen LogP contribution in [0.5, 0.6) is 0 Å². The Hall–Kier alpha value is -2.42. The van der Waals surface area contributed by atoms with Gasteiger partial charge in [0.05, 0.1) is 21.8 Å². The number of nitrogens with zero attached hydrogens (tertiary/aromatic N) is 2. The maximum absolute atomic E-state index is 12.7. The molecule has 0 radical (unpaired) electrons. The Labute approximate surface area is 173 Å². The first-order chi connectivity index (χ1) is 13.3. The molecule has 0 aliphatic rings. The van der Waals surface area contributed by atoms with Crippen molar-refractivity contribution in [3.8, 4) is 5.69 Å². The van der Waals surface area contributed by atoms with Crippen LogP contribution in [0, 0.1) is 0 Å². The van der Waals surface area contributed by atoms with Crippen LogP contribution in [0.3, 0.4) is 0 Å². The van der Waals surface area contributed by atoms with Crippen LogP contribution in [0.2, 0.25) is 5.02 Å².